The van der Waals surface area contributed by atoms with E-state index < -0.39 is 0 Å². The van der Waals surface area contributed by atoms with E-state index in [0.29, 0.717) is 24.4 Å². The number of hydrogen-bond donors (Lipinski definition) is 2. The zero-order valence-corrected chi connectivity index (χ0v) is 16.0. The lowest BCUT2D eigenvalue weighted by molar-refractivity contribution is -0.0777. The van der Waals surface area contributed by atoms with Crippen molar-refractivity contribution in [2.75, 3.05) is 31.6 Å². The van der Waals surface area contributed by atoms with Gasteiger partial charge in [-0.3, -0.25) is 4.90 Å². The molecule has 7 nitrogen and oxygen atoms in total. The molecule has 0 bridgehead atoms. The van der Waals surface area contributed by atoms with Gasteiger partial charge in [-0.1, -0.05) is 0 Å². The highest BCUT2D eigenvalue weighted by molar-refractivity contribution is 5.92. The van der Waals surface area contributed by atoms with Crippen LogP contribution in [0.1, 0.15) is 38.1 Å². The second-order valence-electron chi connectivity index (χ2n) is 6.69. The number of carbonyl (C=O) groups excluding carboxylic acids is 2. The van der Waals surface area contributed by atoms with Crippen molar-refractivity contribution in [2.45, 2.75) is 45.9 Å². The Morgan fingerprint density at radius 1 is 1.23 bits per heavy atom. The van der Waals surface area contributed by atoms with Crippen molar-refractivity contribution in [1.82, 2.24) is 10.2 Å². The molecule has 7 heteroatoms. The first kappa shape index (κ1) is 20.2. The van der Waals surface area contributed by atoms with Crippen LogP contribution in [-0.4, -0.2) is 61.4 Å². The summed E-state index contributed by atoms with van der Waals surface area (Å²) in [4.78, 5) is 26.0. The second kappa shape index (κ2) is 9.54. The summed E-state index contributed by atoms with van der Waals surface area (Å²) >= 11 is 0. The molecule has 3 atom stereocenters. The van der Waals surface area contributed by atoms with Gasteiger partial charge in [-0.05, 0) is 52.0 Å². The molecular weight excluding hydrogens is 334 g/mol. The molecule has 3 unspecified atom stereocenters. The van der Waals surface area contributed by atoms with Gasteiger partial charge in [0, 0.05) is 31.4 Å². The fourth-order valence-corrected chi connectivity index (χ4v) is 3.03. The van der Waals surface area contributed by atoms with Crippen molar-refractivity contribution in [2.24, 2.45) is 0 Å². The first-order valence-corrected chi connectivity index (χ1v) is 9.10. The first-order valence-electron chi connectivity index (χ1n) is 9.10. The number of urea groups is 1. The molecule has 1 fully saturated rings. The fraction of sp³-hybridized carbons (Fsp3) is 0.579. The van der Waals surface area contributed by atoms with Crippen LogP contribution < -0.4 is 10.6 Å². The van der Waals surface area contributed by atoms with E-state index in [1.165, 1.54) is 0 Å². The van der Waals surface area contributed by atoms with Crippen LogP contribution in [0.15, 0.2) is 24.3 Å². The van der Waals surface area contributed by atoms with E-state index in [1.807, 2.05) is 0 Å². The van der Waals surface area contributed by atoms with Crippen LogP contribution in [0.4, 0.5) is 10.5 Å². The predicted octanol–water partition coefficient (Wildman–Crippen LogP) is 2.48. The van der Waals surface area contributed by atoms with E-state index in [0.717, 1.165) is 13.1 Å². The largest absolute Gasteiger partial charge is 0.462 e. The van der Waals surface area contributed by atoms with Crippen LogP contribution >= 0.6 is 0 Å². The molecule has 0 spiro atoms. The topological polar surface area (TPSA) is 79.9 Å². The van der Waals surface area contributed by atoms with E-state index in [-0.39, 0.29) is 30.3 Å². The standard InChI is InChI=1S/C19H29N3O4/c1-5-25-18(23)16-6-8-17(9-7-16)21-19(24)20-10-13(2)22-11-14(3)26-15(4)12-22/h6-9,13-15H,5,10-12H2,1-4H3,(H2,20,21,24). The minimum absolute atomic E-state index is 0.202. The summed E-state index contributed by atoms with van der Waals surface area (Å²) < 4.78 is 10.7. The highest BCUT2D eigenvalue weighted by atomic mass is 16.5. The number of esters is 1. The Hall–Kier alpha value is -2.12. The molecule has 0 radical (unpaired) electrons. The minimum atomic E-state index is -0.369. The normalized spacial score (nSPS) is 21.7. The van der Waals surface area contributed by atoms with Gasteiger partial charge < -0.3 is 20.1 Å². The number of amides is 2. The Morgan fingerprint density at radius 3 is 2.42 bits per heavy atom. The van der Waals surface area contributed by atoms with E-state index in [1.54, 1.807) is 31.2 Å². The lowest BCUT2D eigenvalue weighted by Gasteiger charge is -2.38. The third kappa shape index (κ3) is 6.00. The molecule has 144 valence electrons. The summed E-state index contributed by atoms with van der Waals surface area (Å²) in [5.41, 5.74) is 1.08. The molecule has 0 saturated carbocycles. The summed E-state index contributed by atoms with van der Waals surface area (Å²) in [6.07, 6.45) is 0.404. The van der Waals surface area contributed by atoms with Gasteiger partial charge >= 0.3 is 12.0 Å². The quantitative estimate of drug-likeness (QED) is 0.759. The van der Waals surface area contributed by atoms with E-state index in [4.69, 9.17) is 9.47 Å². The van der Waals surface area contributed by atoms with Gasteiger partial charge in [-0.2, -0.15) is 0 Å². The summed E-state index contributed by atoms with van der Waals surface area (Å²) in [5.74, 6) is -0.369. The van der Waals surface area contributed by atoms with Gasteiger partial charge in [0.15, 0.2) is 0 Å². The number of anilines is 1. The Kier molecular flexibility index (Phi) is 7.41. The number of carbonyl (C=O) groups is 2. The summed E-state index contributed by atoms with van der Waals surface area (Å²) in [5, 5.41) is 5.66. The van der Waals surface area contributed by atoms with Gasteiger partial charge in [0.25, 0.3) is 0 Å². The summed E-state index contributed by atoms with van der Waals surface area (Å²) in [7, 11) is 0. The zero-order valence-electron chi connectivity index (χ0n) is 16.0. The smallest absolute Gasteiger partial charge is 0.338 e. The number of benzene rings is 1. The van der Waals surface area contributed by atoms with E-state index >= 15 is 0 Å². The second-order valence-corrected chi connectivity index (χ2v) is 6.69. The van der Waals surface area contributed by atoms with Crippen molar-refractivity contribution in [3.8, 4) is 0 Å². The molecule has 2 rings (SSSR count). The lowest BCUT2D eigenvalue weighted by atomic mass is 10.2. The molecule has 26 heavy (non-hydrogen) atoms. The van der Waals surface area contributed by atoms with Gasteiger partial charge in [0.05, 0.1) is 24.4 Å². The Labute approximate surface area is 155 Å². The molecule has 1 aliphatic heterocycles. The number of rotatable bonds is 6. The van der Waals surface area contributed by atoms with Gasteiger partial charge in [-0.15, -0.1) is 0 Å². The average Bonchev–Trinajstić information content (AvgIpc) is 2.59. The number of hydrogen-bond acceptors (Lipinski definition) is 5. The molecule has 1 aliphatic rings. The molecule has 0 aliphatic carbocycles. The van der Waals surface area contributed by atoms with Crippen LogP contribution in [0, 0.1) is 0 Å². The molecular formula is C19H29N3O4. The minimum Gasteiger partial charge on any atom is -0.462 e. The molecule has 0 aromatic heterocycles. The van der Waals surface area contributed by atoms with Gasteiger partial charge in [-0.25, -0.2) is 9.59 Å². The number of nitrogens with one attached hydrogen (secondary N) is 2. The summed E-state index contributed by atoms with van der Waals surface area (Å²) in [6.45, 7) is 10.6. The van der Waals surface area contributed by atoms with Crippen LogP contribution in [0.5, 0.6) is 0 Å². The average molecular weight is 363 g/mol. The molecule has 1 aromatic rings. The molecule has 1 saturated heterocycles. The highest BCUT2D eigenvalue weighted by Gasteiger charge is 2.25. The maximum atomic E-state index is 12.1. The van der Waals surface area contributed by atoms with Crippen LogP contribution in [0.3, 0.4) is 0 Å². The third-order valence-electron chi connectivity index (χ3n) is 4.28. The number of ether oxygens (including phenoxy) is 2. The summed E-state index contributed by atoms with van der Waals surface area (Å²) in [6, 6.07) is 6.58. The Balaban J connectivity index is 1.78. The van der Waals surface area contributed by atoms with Crippen LogP contribution in [-0.2, 0) is 9.47 Å². The van der Waals surface area contributed by atoms with Crippen molar-refractivity contribution in [3.05, 3.63) is 29.8 Å². The van der Waals surface area contributed by atoms with Crippen molar-refractivity contribution >= 4 is 17.7 Å². The SMILES string of the molecule is CCOC(=O)c1ccc(NC(=O)NCC(C)N2CC(C)OC(C)C2)cc1. The zero-order chi connectivity index (χ0) is 19.1. The fourth-order valence-electron chi connectivity index (χ4n) is 3.03. The Bertz CT molecular complexity index is 595. The predicted molar refractivity (Wildman–Crippen MR) is 100 cm³/mol. The first-order chi connectivity index (χ1) is 12.4. The third-order valence-corrected chi connectivity index (χ3v) is 4.28. The molecule has 2 N–H and O–H groups in total. The molecule has 2 amide bonds. The highest BCUT2D eigenvalue weighted by Crippen LogP contribution is 2.13. The van der Waals surface area contributed by atoms with Gasteiger partial charge in [0.2, 0.25) is 0 Å². The van der Waals surface area contributed by atoms with E-state index in [2.05, 4.69) is 36.3 Å². The van der Waals surface area contributed by atoms with Crippen molar-refractivity contribution in [3.63, 3.8) is 0 Å². The van der Waals surface area contributed by atoms with Gasteiger partial charge in [0.1, 0.15) is 0 Å². The Morgan fingerprint density at radius 2 is 1.85 bits per heavy atom. The maximum Gasteiger partial charge on any atom is 0.338 e. The molecule has 1 aromatic carbocycles. The molecule has 1 heterocycles. The monoisotopic (exact) mass is 363 g/mol. The van der Waals surface area contributed by atoms with Crippen LogP contribution in [0.25, 0.3) is 0 Å². The maximum absolute atomic E-state index is 12.1. The number of morpholine rings is 1. The lowest BCUT2D eigenvalue weighted by Crippen LogP contribution is -2.52. The van der Waals surface area contributed by atoms with Crippen molar-refractivity contribution in [1.29, 1.82) is 0 Å². The van der Waals surface area contributed by atoms with Crippen LogP contribution in [0.2, 0.25) is 0 Å². The van der Waals surface area contributed by atoms with E-state index in [9.17, 15) is 9.59 Å². The number of nitrogens with zero attached hydrogens (tertiary/aromatic N) is 1. The van der Waals surface area contributed by atoms with Crippen molar-refractivity contribution < 1.29 is 19.1 Å².